The molecule has 0 heterocycles. The molecule has 0 aliphatic carbocycles. The Hall–Kier alpha value is -0.920. The standard InChI is InChI=1S/C14H21BrN2O3S/c1-4-11(3)16-14(18)10-17(5-2)21(19,20)13-8-6-12(15)7-9-13/h6-9,11H,4-5,10H2,1-3H3,(H,16,18)/t11-/m1/s1. The Morgan fingerprint density at radius 2 is 1.86 bits per heavy atom. The molecule has 1 rings (SSSR count). The Morgan fingerprint density at radius 3 is 2.33 bits per heavy atom. The lowest BCUT2D eigenvalue weighted by Crippen LogP contribution is -2.43. The van der Waals surface area contributed by atoms with Crippen molar-refractivity contribution in [2.24, 2.45) is 0 Å². The summed E-state index contributed by atoms with van der Waals surface area (Å²) in [7, 11) is -3.65. The van der Waals surface area contributed by atoms with Crippen LogP contribution in [0.3, 0.4) is 0 Å². The largest absolute Gasteiger partial charge is 0.353 e. The number of benzene rings is 1. The summed E-state index contributed by atoms with van der Waals surface area (Å²) in [4.78, 5) is 12.1. The van der Waals surface area contributed by atoms with E-state index in [9.17, 15) is 13.2 Å². The van der Waals surface area contributed by atoms with E-state index in [0.717, 1.165) is 10.9 Å². The Kier molecular flexibility index (Phi) is 6.83. The quantitative estimate of drug-likeness (QED) is 0.794. The average molecular weight is 377 g/mol. The van der Waals surface area contributed by atoms with Gasteiger partial charge in [-0.2, -0.15) is 4.31 Å². The van der Waals surface area contributed by atoms with Gasteiger partial charge >= 0.3 is 0 Å². The molecule has 0 bridgehead atoms. The number of nitrogens with one attached hydrogen (secondary N) is 1. The number of hydrogen-bond donors (Lipinski definition) is 1. The van der Waals surface area contributed by atoms with Crippen molar-refractivity contribution in [3.8, 4) is 0 Å². The van der Waals surface area contributed by atoms with Gasteiger partial charge in [0.05, 0.1) is 11.4 Å². The van der Waals surface area contributed by atoms with Gasteiger partial charge in [-0.15, -0.1) is 0 Å². The van der Waals surface area contributed by atoms with Crippen LogP contribution in [0.5, 0.6) is 0 Å². The number of hydrogen-bond acceptors (Lipinski definition) is 3. The summed E-state index contributed by atoms with van der Waals surface area (Å²) >= 11 is 3.27. The van der Waals surface area contributed by atoms with Crippen LogP contribution in [-0.2, 0) is 14.8 Å². The van der Waals surface area contributed by atoms with Crippen LogP contribution in [0.15, 0.2) is 33.6 Å². The fraction of sp³-hybridized carbons (Fsp3) is 0.500. The third-order valence-electron chi connectivity index (χ3n) is 3.14. The third-order valence-corrected chi connectivity index (χ3v) is 5.61. The third kappa shape index (κ3) is 5.09. The van der Waals surface area contributed by atoms with Crippen LogP contribution in [0.2, 0.25) is 0 Å². The lowest BCUT2D eigenvalue weighted by molar-refractivity contribution is -0.121. The Labute approximate surface area is 134 Å². The van der Waals surface area contributed by atoms with Crippen LogP contribution in [0.4, 0.5) is 0 Å². The van der Waals surface area contributed by atoms with Crippen molar-refractivity contribution in [2.45, 2.75) is 38.1 Å². The lowest BCUT2D eigenvalue weighted by atomic mass is 10.2. The van der Waals surface area contributed by atoms with E-state index in [1.165, 1.54) is 16.4 Å². The highest BCUT2D eigenvalue weighted by Gasteiger charge is 2.25. The highest BCUT2D eigenvalue weighted by Crippen LogP contribution is 2.18. The van der Waals surface area contributed by atoms with E-state index in [1.54, 1.807) is 19.1 Å². The molecule has 0 saturated heterocycles. The monoisotopic (exact) mass is 376 g/mol. The van der Waals surface area contributed by atoms with Crippen LogP contribution in [-0.4, -0.2) is 37.8 Å². The molecule has 5 nitrogen and oxygen atoms in total. The summed E-state index contributed by atoms with van der Waals surface area (Å²) < 4.78 is 27.0. The van der Waals surface area contributed by atoms with E-state index < -0.39 is 10.0 Å². The minimum Gasteiger partial charge on any atom is -0.353 e. The maximum atomic E-state index is 12.5. The molecule has 1 N–H and O–H groups in total. The highest BCUT2D eigenvalue weighted by molar-refractivity contribution is 9.10. The van der Waals surface area contributed by atoms with Gasteiger partial charge in [-0.25, -0.2) is 8.42 Å². The maximum absolute atomic E-state index is 12.5. The number of nitrogens with zero attached hydrogens (tertiary/aromatic N) is 1. The molecule has 21 heavy (non-hydrogen) atoms. The second kappa shape index (κ2) is 7.91. The summed E-state index contributed by atoms with van der Waals surface area (Å²) in [6, 6.07) is 6.41. The first kappa shape index (κ1) is 18.1. The molecule has 0 radical (unpaired) electrons. The van der Waals surface area contributed by atoms with Crippen LogP contribution in [0.1, 0.15) is 27.2 Å². The Bertz CT molecular complexity index is 572. The zero-order chi connectivity index (χ0) is 16.0. The van der Waals surface area contributed by atoms with E-state index in [4.69, 9.17) is 0 Å². The molecule has 0 unspecified atom stereocenters. The van der Waals surface area contributed by atoms with E-state index in [0.29, 0.717) is 0 Å². The van der Waals surface area contributed by atoms with Gasteiger partial charge in [0, 0.05) is 17.1 Å². The molecule has 0 fully saturated rings. The first-order valence-electron chi connectivity index (χ1n) is 6.86. The van der Waals surface area contributed by atoms with E-state index in [2.05, 4.69) is 21.2 Å². The fourth-order valence-corrected chi connectivity index (χ4v) is 3.37. The molecule has 118 valence electrons. The lowest BCUT2D eigenvalue weighted by Gasteiger charge is -2.21. The molecule has 1 amide bonds. The van der Waals surface area contributed by atoms with Gasteiger partial charge in [0.2, 0.25) is 15.9 Å². The number of likely N-dealkylation sites (N-methyl/N-ethyl adjacent to an activating group) is 1. The predicted octanol–water partition coefficient (Wildman–Crippen LogP) is 2.37. The number of sulfonamides is 1. The normalized spacial score (nSPS) is 13.2. The SMILES string of the molecule is CC[C@@H](C)NC(=O)CN(CC)S(=O)(=O)c1ccc(Br)cc1. The first-order chi connectivity index (χ1) is 9.81. The minimum atomic E-state index is -3.65. The molecule has 1 aromatic rings. The summed E-state index contributed by atoms with van der Waals surface area (Å²) in [5, 5.41) is 2.77. The molecule has 1 aromatic carbocycles. The van der Waals surface area contributed by atoms with Gasteiger partial charge in [0.25, 0.3) is 0 Å². The van der Waals surface area contributed by atoms with Gasteiger partial charge in [-0.05, 0) is 37.6 Å². The van der Waals surface area contributed by atoms with Crippen molar-refractivity contribution in [3.63, 3.8) is 0 Å². The summed E-state index contributed by atoms with van der Waals surface area (Å²) in [5.74, 6) is -0.285. The van der Waals surface area contributed by atoms with Crippen molar-refractivity contribution < 1.29 is 13.2 Å². The Balaban J connectivity index is 2.88. The number of carbonyl (C=O) groups excluding carboxylic acids is 1. The van der Waals surface area contributed by atoms with Crippen LogP contribution in [0.25, 0.3) is 0 Å². The zero-order valence-electron chi connectivity index (χ0n) is 12.5. The molecule has 0 aliphatic rings. The van der Waals surface area contributed by atoms with Gasteiger partial charge in [-0.1, -0.05) is 29.8 Å². The Morgan fingerprint density at radius 1 is 1.29 bits per heavy atom. The fourth-order valence-electron chi connectivity index (χ4n) is 1.71. The summed E-state index contributed by atoms with van der Waals surface area (Å²) in [5.41, 5.74) is 0. The number of rotatable bonds is 7. The molecule has 1 atom stereocenters. The van der Waals surface area contributed by atoms with Crippen molar-refractivity contribution in [2.75, 3.05) is 13.1 Å². The molecule has 7 heteroatoms. The highest BCUT2D eigenvalue weighted by atomic mass is 79.9. The van der Waals surface area contributed by atoms with Crippen LogP contribution < -0.4 is 5.32 Å². The van der Waals surface area contributed by atoms with Crippen molar-refractivity contribution >= 4 is 31.9 Å². The number of amides is 1. The van der Waals surface area contributed by atoms with Crippen LogP contribution in [0, 0.1) is 0 Å². The molecule has 0 saturated carbocycles. The van der Waals surface area contributed by atoms with Gasteiger partial charge in [0.15, 0.2) is 0 Å². The molecule has 0 spiro atoms. The zero-order valence-corrected chi connectivity index (χ0v) is 14.9. The molecular weight excluding hydrogens is 356 g/mol. The topological polar surface area (TPSA) is 66.5 Å². The van der Waals surface area contributed by atoms with E-state index >= 15 is 0 Å². The maximum Gasteiger partial charge on any atom is 0.243 e. The molecular formula is C14H21BrN2O3S. The second-order valence-corrected chi connectivity index (χ2v) is 7.62. The number of carbonyl (C=O) groups is 1. The van der Waals surface area contributed by atoms with Gasteiger partial charge < -0.3 is 5.32 Å². The van der Waals surface area contributed by atoms with Crippen molar-refractivity contribution in [1.29, 1.82) is 0 Å². The van der Waals surface area contributed by atoms with Gasteiger partial charge in [0.1, 0.15) is 0 Å². The predicted molar refractivity (Wildman–Crippen MR) is 86.5 cm³/mol. The number of halogens is 1. The second-order valence-electron chi connectivity index (χ2n) is 4.76. The van der Waals surface area contributed by atoms with E-state index in [1.807, 2.05) is 13.8 Å². The molecule has 0 aromatic heterocycles. The summed E-state index contributed by atoms with van der Waals surface area (Å²) in [6.45, 7) is 5.64. The van der Waals surface area contributed by atoms with Crippen molar-refractivity contribution in [3.05, 3.63) is 28.7 Å². The average Bonchev–Trinajstić information content (AvgIpc) is 2.44. The summed E-state index contributed by atoms with van der Waals surface area (Å²) in [6.07, 6.45) is 0.803. The van der Waals surface area contributed by atoms with Gasteiger partial charge in [-0.3, -0.25) is 4.79 Å². The molecule has 0 aliphatic heterocycles. The first-order valence-corrected chi connectivity index (χ1v) is 9.09. The minimum absolute atomic E-state index is 0.0339. The van der Waals surface area contributed by atoms with Crippen molar-refractivity contribution in [1.82, 2.24) is 9.62 Å². The van der Waals surface area contributed by atoms with Crippen LogP contribution >= 0.6 is 15.9 Å². The smallest absolute Gasteiger partial charge is 0.243 e. The van der Waals surface area contributed by atoms with E-state index in [-0.39, 0.29) is 29.9 Å².